The molecule has 0 radical (unpaired) electrons. The molecule has 7 nitrogen and oxygen atoms in total. The minimum absolute atomic E-state index is 0.0977. The van der Waals surface area contributed by atoms with Crippen molar-refractivity contribution >= 4 is 17.4 Å². The molecule has 3 aromatic rings. The summed E-state index contributed by atoms with van der Waals surface area (Å²) in [5.74, 6) is 1.76. The molecule has 1 amide bonds. The fourth-order valence-corrected chi connectivity index (χ4v) is 3.17. The van der Waals surface area contributed by atoms with E-state index in [2.05, 4.69) is 20.2 Å². The molecule has 4 rings (SSSR count). The molecule has 3 heterocycles. The molecule has 0 aliphatic carbocycles. The number of aryl methyl sites for hydroxylation is 1. The Bertz CT molecular complexity index is 891. The Morgan fingerprint density at radius 2 is 1.80 bits per heavy atom. The highest BCUT2D eigenvalue weighted by Crippen LogP contribution is 2.16. The number of nitrogens with zero attached hydrogens (tertiary/aromatic N) is 6. The van der Waals surface area contributed by atoms with E-state index in [9.17, 15) is 4.79 Å². The maximum Gasteiger partial charge on any atom is 0.253 e. The van der Waals surface area contributed by atoms with E-state index in [1.807, 2.05) is 54.3 Å². The van der Waals surface area contributed by atoms with Crippen LogP contribution in [0.25, 0.3) is 5.65 Å². The van der Waals surface area contributed by atoms with Crippen molar-refractivity contribution in [2.45, 2.75) is 13.3 Å². The van der Waals surface area contributed by atoms with Gasteiger partial charge in [0.15, 0.2) is 11.5 Å². The molecule has 1 aliphatic heterocycles. The molecule has 0 saturated carbocycles. The second-order valence-electron chi connectivity index (χ2n) is 6.21. The Morgan fingerprint density at radius 3 is 2.64 bits per heavy atom. The lowest BCUT2D eigenvalue weighted by Gasteiger charge is -2.22. The third kappa shape index (κ3) is 3.05. The van der Waals surface area contributed by atoms with E-state index >= 15 is 0 Å². The average Bonchev–Trinajstić information content (AvgIpc) is 2.87. The van der Waals surface area contributed by atoms with Gasteiger partial charge in [0, 0.05) is 31.7 Å². The standard InChI is InChI=1S/C18H20N6O/c1-14-19-20-16-8-9-17(21-24(14)16)22-10-5-11-23(13-12-22)18(25)15-6-3-2-4-7-15/h2-4,6-9H,5,10-13H2,1H3. The molecule has 25 heavy (non-hydrogen) atoms. The van der Waals surface area contributed by atoms with Crippen LogP contribution >= 0.6 is 0 Å². The Kier molecular flexibility index (Phi) is 4.05. The van der Waals surface area contributed by atoms with Crippen LogP contribution in [0.5, 0.6) is 0 Å². The number of fused-ring (bicyclic) bond motifs is 1. The zero-order valence-corrected chi connectivity index (χ0v) is 14.2. The van der Waals surface area contributed by atoms with Crippen molar-refractivity contribution in [3.63, 3.8) is 0 Å². The molecule has 2 aromatic heterocycles. The summed E-state index contributed by atoms with van der Waals surface area (Å²) in [7, 11) is 0. The third-order valence-electron chi connectivity index (χ3n) is 4.53. The van der Waals surface area contributed by atoms with E-state index in [-0.39, 0.29) is 5.91 Å². The average molecular weight is 336 g/mol. The predicted molar refractivity (Wildman–Crippen MR) is 94.7 cm³/mol. The van der Waals surface area contributed by atoms with Gasteiger partial charge in [-0.05, 0) is 37.6 Å². The fourth-order valence-electron chi connectivity index (χ4n) is 3.17. The van der Waals surface area contributed by atoms with Crippen LogP contribution in [-0.2, 0) is 0 Å². The van der Waals surface area contributed by atoms with Gasteiger partial charge in [-0.3, -0.25) is 4.79 Å². The number of benzene rings is 1. The van der Waals surface area contributed by atoms with Crippen LogP contribution in [0.4, 0.5) is 5.82 Å². The van der Waals surface area contributed by atoms with Crippen LogP contribution in [0.15, 0.2) is 42.5 Å². The molecule has 0 bridgehead atoms. The van der Waals surface area contributed by atoms with Gasteiger partial charge in [-0.1, -0.05) is 18.2 Å². The Balaban J connectivity index is 1.50. The quantitative estimate of drug-likeness (QED) is 0.714. The van der Waals surface area contributed by atoms with Gasteiger partial charge in [0.25, 0.3) is 5.91 Å². The maximum atomic E-state index is 12.7. The van der Waals surface area contributed by atoms with Gasteiger partial charge in [0.2, 0.25) is 0 Å². The summed E-state index contributed by atoms with van der Waals surface area (Å²) in [5.41, 5.74) is 1.49. The number of hydrogen-bond donors (Lipinski definition) is 0. The predicted octanol–water partition coefficient (Wildman–Crippen LogP) is 1.79. The highest BCUT2D eigenvalue weighted by atomic mass is 16.2. The van der Waals surface area contributed by atoms with Crippen LogP contribution in [0.1, 0.15) is 22.6 Å². The van der Waals surface area contributed by atoms with Gasteiger partial charge in [0.05, 0.1) is 0 Å². The molecule has 7 heteroatoms. The van der Waals surface area contributed by atoms with Crippen molar-refractivity contribution in [2.24, 2.45) is 0 Å². The second-order valence-corrected chi connectivity index (χ2v) is 6.21. The lowest BCUT2D eigenvalue weighted by Crippen LogP contribution is -2.35. The first-order valence-corrected chi connectivity index (χ1v) is 8.51. The van der Waals surface area contributed by atoms with Crippen molar-refractivity contribution in [3.8, 4) is 0 Å². The highest BCUT2D eigenvalue weighted by molar-refractivity contribution is 5.94. The monoisotopic (exact) mass is 336 g/mol. The summed E-state index contributed by atoms with van der Waals surface area (Å²) in [5, 5.41) is 12.8. The summed E-state index contributed by atoms with van der Waals surface area (Å²) in [6.07, 6.45) is 0.916. The van der Waals surface area contributed by atoms with Crippen molar-refractivity contribution in [1.29, 1.82) is 0 Å². The number of anilines is 1. The molecule has 0 atom stereocenters. The first kappa shape index (κ1) is 15.6. The maximum absolute atomic E-state index is 12.7. The molecule has 1 aromatic carbocycles. The molecule has 0 unspecified atom stereocenters. The molecular formula is C18H20N6O. The van der Waals surface area contributed by atoms with Crippen LogP contribution in [0.2, 0.25) is 0 Å². The zero-order valence-electron chi connectivity index (χ0n) is 14.2. The summed E-state index contributed by atoms with van der Waals surface area (Å²) in [6, 6.07) is 13.4. The molecule has 0 spiro atoms. The number of carbonyl (C=O) groups excluding carboxylic acids is 1. The number of carbonyl (C=O) groups is 1. The van der Waals surface area contributed by atoms with Gasteiger partial charge in [-0.15, -0.1) is 15.3 Å². The van der Waals surface area contributed by atoms with Gasteiger partial charge in [-0.2, -0.15) is 4.52 Å². The van der Waals surface area contributed by atoms with Crippen LogP contribution in [0, 0.1) is 6.92 Å². The minimum atomic E-state index is 0.0977. The topological polar surface area (TPSA) is 66.6 Å². The number of rotatable bonds is 2. The smallest absolute Gasteiger partial charge is 0.253 e. The minimum Gasteiger partial charge on any atom is -0.353 e. The van der Waals surface area contributed by atoms with E-state index < -0.39 is 0 Å². The molecule has 1 fully saturated rings. The highest BCUT2D eigenvalue weighted by Gasteiger charge is 2.21. The second kappa shape index (κ2) is 6.51. The summed E-state index contributed by atoms with van der Waals surface area (Å²) >= 11 is 0. The van der Waals surface area contributed by atoms with E-state index in [0.29, 0.717) is 6.54 Å². The van der Waals surface area contributed by atoms with E-state index in [0.717, 1.165) is 48.9 Å². The van der Waals surface area contributed by atoms with E-state index in [4.69, 9.17) is 0 Å². The first-order valence-electron chi connectivity index (χ1n) is 8.51. The van der Waals surface area contributed by atoms with Crippen LogP contribution in [0.3, 0.4) is 0 Å². The summed E-state index contributed by atoms with van der Waals surface area (Å²) in [4.78, 5) is 16.8. The number of hydrogen-bond acceptors (Lipinski definition) is 5. The summed E-state index contributed by atoms with van der Waals surface area (Å²) < 4.78 is 1.76. The molecule has 0 N–H and O–H groups in total. The molecule has 1 aliphatic rings. The van der Waals surface area contributed by atoms with Crippen LogP contribution in [-0.4, -0.2) is 56.8 Å². The van der Waals surface area contributed by atoms with Gasteiger partial charge >= 0.3 is 0 Å². The number of amides is 1. The zero-order chi connectivity index (χ0) is 17.2. The molecular weight excluding hydrogens is 316 g/mol. The molecule has 128 valence electrons. The van der Waals surface area contributed by atoms with Gasteiger partial charge < -0.3 is 9.80 Å². The van der Waals surface area contributed by atoms with Gasteiger partial charge in [-0.25, -0.2) is 0 Å². The summed E-state index contributed by atoms with van der Waals surface area (Å²) in [6.45, 7) is 4.97. The molecule has 1 saturated heterocycles. The SMILES string of the molecule is Cc1nnc2ccc(N3CCCN(C(=O)c4ccccc4)CC3)nn12. The normalized spacial score (nSPS) is 15.4. The Morgan fingerprint density at radius 1 is 0.960 bits per heavy atom. The lowest BCUT2D eigenvalue weighted by atomic mass is 10.2. The van der Waals surface area contributed by atoms with Crippen molar-refractivity contribution in [3.05, 3.63) is 53.9 Å². The third-order valence-corrected chi connectivity index (χ3v) is 4.53. The van der Waals surface area contributed by atoms with E-state index in [1.54, 1.807) is 4.52 Å². The fraction of sp³-hybridized carbons (Fsp3) is 0.333. The lowest BCUT2D eigenvalue weighted by molar-refractivity contribution is 0.0767. The largest absolute Gasteiger partial charge is 0.353 e. The van der Waals surface area contributed by atoms with Crippen molar-refractivity contribution < 1.29 is 4.79 Å². The first-order chi connectivity index (χ1) is 12.2. The van der Waals surface area contributed by atoms with Crippen molar-refractivity contribution in [2.75, 3.05) is 31.1 Å². The van der Waals surface area contributed by atoms with E-state index in [1.165, 1.54) is 0 Å². The Labute approximate surface area is 145 Å². The van der Waals surface area contributed by atoms with Crippen molar-refractivity contribution in [1.82, 2.24) is 24.7 Å². The number of aromatic nitrogens is 4. The Hall–Kier alpha value is -2.96. The van der Waals surface area contributed by atoms with Gasteiger partial charge in [0.1, 0.15) is 5.82 Å². The van der Waals surface area contributed by atoms with Crippen LogP contribution < -0.4 is 4.90 Å².